The number of carbonyl (C=O) groups excluding carboxylic acids is 3. The number of hydrogen-bond acceptors (Lipinski definition) is 6. The fraction of sp³-hybridized carbons (Fsp3) is 0.480. The average Bonchev–Trinajstić information content (AvgIpc) is 3.49. The molecule has 2 heterocycles. The molecule has 37 heavy (non-hydrogen) atoms. The van der Waals surface area contributed by atoms with Crippen LogP contribution in [0.15, 0.2) is 28.8 Å². The zero-order valence-electron chi connectivity index (χ0n) is 20.3. The molecule has 2 aromatic rings. The van der Waals surface area contributed by atoms with E-state index in [0.29, 0.717) is 11.8 Å². The predicted molar refractivity (Wildman–Crippen MR) is 124 cm³/mol. The first kappa shape index (κ1) is 26.2. The van der Waals surface area contributed by atoms with E-state index in [-0.39, 0.29) is 36.7 Å². The molecule has 2 N–H and O–H groups in total. The maximum absolute atomic E-state index is 13.8. The SMILES string of the molecule is Cc1cc(C(=O)N2CCN(C(=O)c3cc(F)cc(F)c3)C2C(=O)NC(CC(=O)O)C2CCCCC2)no1. The number of rotatable bonds is 7. The van der Waals surface area contributed by atoms with Crippen LogP contribution < -0.4 is 5.32 Å². The number of hydrogen-bond donors (Lipinski definition) is 2. The highest BCUT2D eigenvalue weighted by atomic mass is 19.1. The number of carboxylic acid groups (broad SMARTS) is 1. The summed E-state index contributed by atoms with van der Waals surface area (Å²) in [7, 11) is 0. The van der Waals surface area contributed by atoms with E-state index in [0.717, 1.165) is 54.0 Å². The normalized spacial score (nSPS) is 19.1. The predicted octanol–water partition coefficient (Wildman–Crippen LogP) is 2.73. The molecule has 1 aromatic heterocycles. The molecule has 0 bridgehead atoms. The van der Waals surface area contributed by atoms with E-state index in [2.05, 4.69) is 10.5 Å². The number of carbonyl (C=O) groups is 4. The molecular weight excluding hydrogens is 490 g/mol. The van der Waals surface area contributed by atoms with Crippen LogP contribution in [0.2, 0.25) is 0 Å². The lowest BCUT2D eigenvalue weighted by molar-refractivity contribution is -0.138. The first-order valence-electron chi connectivity index (χ1n) is 12.2. The summed E-state index contributed by atoms with van der Waals surface area (Å²) in [5.41, 5.74) is -0.396. The van der Waals surface area contributed by atoms with Crippen molar-refractivity contribution >= 4 is 23.7 Å². The van der Waals surface area contributed by atoms with Crippen molar-refractivity contribution in [2.75, 3.05) is 13.1 Å². The Bertz CT molecular complexity index is 1180. The number of aliphatic carboxylic acids is 1. The molecule has 4 rings (SSSR count). The molecule has 2 atom stereocenters. The zero-order valence-corrected chi connectivity index (χ0v) is 20.3. The molecule has 3 amide bonds. The number of aromatic nitrogens is 1. The summed E-state index contributed by atoms with van der Waals surface area (Å²) in [6, 6.07) is 3.00. The van der Waals surface area contributed by atoms with E-state index in [1.807, 2.05) is 0 Å². The van der Waals surface area contributed by atoms with Gasteiger partial charge in [0.15, 0.2) is 11.9 Å². The van der Waals surface area contributed by atoms with Gasteiger partial charge < -0.3 is 24.7 Å². The minimum Gasteiger partial charge on any atom is -0.481 e. The third-order valence-corrected chi connectivity index (χ3v) is 6.83. The van der Waals surface area contributed by atoms with Crippen LogP contribution >= 0.6 is 0 Å². The largest absolute Gasteiger partial charge is 0.481 e. The molecule has 2 fully saturated rings. The van der Waals surface area contributed by atoms with Crippen molar-refractivity contribution in [3.05, 3.63) is 52.9 Å². The van der Waals surface area contributed by atoms with Crippen LogP contribution in [0.4, 0.5) is 8.78 Å². The summed E-state index contributed by atoms with van der Waals surface area (Å²) in [6.07, 6.45) is 2.53. The van der Waals surface area contributed by atoms with Crippen LogP contribution in [0.5, 0.6) is 0 Å². The Hall–Kier alpha value is -3.83. The van der Waals surface area contributed by atoms with Gasteiger partial charge in [-0.25, -0.2) is 8.78 Å². The highest BCUT2D eigenvalue weighted by molar-refractivity contribution is 6.01. The lowest BCUT2D eigenvalue weighted by atomic mass is 9.82. The van der Waals surface area contributed by atoms with E-state index < -0.39 is 47.5 Å². The number of halogens is 2. The molecule has 1 saturated heterocycles. The van der Waals surface area contributed by atoms with E-state index >= 15 is 0 Å². The molecule has 10 nitrogen and oxygen atoms in total. The topological polar surface area (TPSA) is 133 Å². The Labute approximate surface area is 211 Å². The Morgan fingerprint density at radius 3 is 2.22 bits per heavy atom. The lowest BCUT2D eigenvalue weighted by Gasteiger charge is -2.34. The second kappa shape index (κ2) is 11.1. The number of benzene rings is 1. The molecule has 1 saturated carbocycles. The van der Waals surface area contributed by atoms with Crippen LogP contribution in [0.25, 0.3) is 0 Å². The Balaban J connectivity index is 1.65. The summed E-state index contributed by atoms with van der Waals surface area (Å²) in [5, 5.41) is 15.9. The fourth-order valence-corrected chi connectivity index (χ4v) is 5.11. The first-order valence-corrected chi connectivity index (χ1v) is 12.2. The zero-order chi connectivity index (χ0) is 26.7. The summed E-state index contributed by atoms with van der Waals surface area (Å²) in [4.78, 5) is 53.9. The van der Waals surface area contributed by atoms with Crippen molar-refractivity contribution < 1.29 is 37.6 Å². The van der Waals surface area contributed by atoms with Crippen molar-refractivity contribution in [3.63, 3.8) is 0 Å². The van der Waals surface area contributed by atoms with E-state index in [4.69, 9.17) is 4.52 Å². The quantitative estimate of drug-likeness (QED) is 0.576. The molecule has 1 aromatic carbocycles. The van der Waals surface area contributed by atoms with Crippen molar-refractivity contribution in [2.24, 2.45) is 5.92 Å². The van der Waals surface area contributed by atoms with Gasteiger partial charge >= 0.3 is 5.97 Å². The lowest BCUT2D eigenvalue weighted by Crippen LogP contribution is -2.57. The smallest absolute Gasteiger partial charge is 0.305 e. The van der Waals surface area contributed by atoms with Crippen LogP contribution in [0, 0.1) is 24.5 Å². The number of amides is 3. The van der Waals surface area contributed by atoms with Crippen LogP contribution in [-0.2, 0) is 9.59 Å². The molecule has 1 aliphatic carbocycles. The molecule has 0 spiro atoms. The standard InChI is InChI=1S/C25H28F2N4O6/c1-14-9-20(29-37-14)25(36)31-8-7-30(24(35)16-10-17(26)12-18(27)11-16)23(31)22(34)28-19(13-21(32)33)15-5-3-2-4-6-15/h9-12,15,19,23H,2-8,13H2,1H3,(H,28,34)(H,32,33). The number of nitrogens with one attached hydrogen (secondary N) is 1. The first-order chi connectivity index (χ1) is 17.6. The summed E-state index contributed by atoms with van der Waals surface area (Å²) < 4.78 is 32.6. The van der Waals surface area contributed by atoms with E-state index in [1.54, 1.807) is 6.92 Å². The van der Waals surface area contributed by atoms with Crippen LogP contribution in [-0.4, -0.2) is 69.1 Å². The van der Waals surface area contributed by atoms with Crippen molar-refractivity contribution in [1.29, 1.82) is 0 Å². The average molecular weight is 519 g/mol. The van der Waals surface area contributed by atoms with Gasteiger partial charge in [0, 0.05) is 36.8 Å². The highest BCUT2D eigenvalue weighted by Gasteiger charge is 2.45. The monoisotopic (exact) mass is 518 g/mol. The van der Waals surface area contributed by atoms with Gasteiger partial charge in [0.25, 0.3) is 17.7 Å². The molecule has 0 radical (unpaired) electrons. The third kappa shape index (κ3) is 5.95. The fourth-order valence-electron chi connectivity index (χ4n) is 5.11. The summed E-state index contributed by atoms with van der Waals surface area (Å²) in [6.45, 7) is 1.44. The molecule has 2 unspecified atom stereocenters. The second-order valence-electron chi connectivity index (χ2n) is 9.46. The van der Waals surface area contributed by atoms with Gasteiger partial charge in [-0.2, -0.15) is 0 Å². The maximum Gasteiger partial charge on any atom is 0.305 e. The number of nitrogens with zero attached hydrogens (tertiary/aromatic N) is 3. The highest BCUT2D eigenvalue weighted by Crippen LogP contribution is 2.29. The molecular formula is C25H28F2N4O6. The van der Waals surface area contributed by atoms with Crippen molar-refractivity contribution in [2.45, 2.75) is 57.7 Å². The summed E-state index contributed by atoms with van der Waals surface area (Å²) >= 11 is 0. The van der Waals surface area contributed by atoms with Gasteiger partial charge in [-0.1, -0.05) is 24.4 Å². The molecule has 12 heteroatoms. The van der Waals surface area contributed by atoms with Crippen LogP contribution in [0.1, 0.15) is 65.1 Å². The van der Waals surface area contributed by atoms with E-state index in [9.17, 15) is 33.1 Å². The van der Waals surface area contributed by atoms with Gasteiger partial charge in [-0.15, -0.1) is 0 Å². The van der Waals surface area contributed by atoms with Crippen LogP contribution in [0.3, 0.4) is 0 Å². The number of carboxylic acids is 1. The number of aryl methyl sites for hydroxylation is 1. The Morgan fingerprint density at radius 2 is 1.65 bits per heavy atom. The molecule has 2 aliphatic rings. The summed E-state index contributed by atoms with van der Waals surface area (Å²) in [5.74, 6) is -5.00. The Kier molecular flexibility index (Phi) is 7.84. The van der Waals surface area contributed by atoms with Crippen molar-refractivity contribution in [1.82, 2.24) is 20.3 Å². The van der Waals surface area contributed by atoms with E-state index in [1.165, 1.54) is 6.07 Å². The van der Waals surface area contributed by atoms with Gasteiger partial charge in [0.2, 0.25) is 0 Å². The maximum atomic E-state index is 13.8. The minimum absolute atomic E-state index is 0.0562. The Morgan fingerprint density at radius 1 is 1.03 bits per heavy atom. The van der Waals surface area contributed by atoms with Gasteiger partial charge in [-0.3, -0.25) is 19.2 Å². The second-order valence-corrected chi connectivity index (χ2v) is 9.46. The minimum atomic E-state index is -1.48. The molecule has 198 valence electrons. The van der Waals surface area contributed by atoms with Gasteiger partial charge in [0.1, 0.15) is 17.4 Å². The van der Waals surface area contributed by atoms with Gasteiger partial charge in [-0.05, 0) is 37.8 Å². The third-order valence-electron chi connectivity index (χ3n) is 6.83. The van der Waals surface area contributed by atoms with Gasteiger partial charge in [0.05, 0.1) is 6.42 Å². The van der Waals surface area contributed by atoms with Crippen molar-refractivity contribution in [3.8, 4) is 0 Å². The molecule has 1 aliphatic heterocycles.